The van der Waals surface area contributed by atoms with Crippen molar-refractivity contribution in [3.05, 3.63) is 0 Å². The van der Waals surface area contributed by atoms with E-state index in [9.17, 15) is 0 Å². The van der Waals surface area contributed by atoms with Gasteiger partial charge >= 0.3 is 0 Å². The Morgan fingerprint density at radius 3 is 2.35 bits per heavy atom. The summed E-state index contributed by atoms with van der Waals surface area (Å²) in [5, 5.41) is 0. The number of nitrogens with two attached hydrogens (primary N) is 1. The highest BCUT2D eigenvalue weighted by atomic mass is 15.1. The Morgan fingerprint density at radius 2 is 1.94 bits per heavy atom. The van der Waals surface area contributed by atoms with Gasteiger partial charge in [-0.15, -0.1) is 0 Å². The second-order valence-corrected chi connectivity index (χ2v) is 6.16. The maximum atomic E-state index is 6.29. The molecule has 0 spiro atoms. The Morgan fingerprint density at radius 1 is 1.29 bits per heavy atom. The van der Waals surface area contributed by atoms with E-state index in [1.165, 1.54) is 51.7 Å². The monoisotopic (exact) mass is 240 g/mol. The first-order valence-corrected chi connectivity index (χ1v) is 7.53. The third-order valence-corrected chi connectivity index (χ3v) is 4.86. The summed E-state index contributed by atoms with van der Waals surface area (Å²) in [7, 11) is 0. The SMILES string of the molecule is CCC(CC)CN(CC)CC1(C)CCCC1N. The zero-order chi connectivity index (χ0) is 12.9. The molecule has 1 rings (SSSR count). The van der Waals surface area contributed by atoms with E-state index in [1.807, 2.05) is 0 Å². The quantitative estimate of drug-likeness (QED) is 0.740. The van der Waals surface area contributed by atoms with Gasteiger partial charge in [0.05, 0.1) is 0 Å². The van der Waals surface area contributed by atoms with Crippen LogP contribution in [0.2, 0.25) is 0 Å². The molecule has 0 radical (unpaired) electrons. The Balaban J connectivity index is 2.51. The van der Waals surface area contributed by atoms with Crippen LogP contribution in [0.5, 0.6) is 0 Å². The molecule has 2 unspecified atom stereocenters. The average Bonchev–Trinajstić information content (AvgIpc) is 2.65. The highest BCUT2D eigenvalue weighted by molar-refractivity contribution is 4.93. The summed E-state index contributed by atoms with van der Waals surface area (Å²) < 4.78 is 0. The fourth-order valence-electron chi connectivity index (χ4n) is 3.18. The van der Waals surface area contributed by atoms with Crippen LogP contribution in [0.25, 0.3) is 0 Å². The van der Waals surface area contributed by atoms with E-state index >= 15 is 0 Å². The molecule has 1 saturated carbocycles. The topological polar surface area (TPSA) is 29.3 Å². The van der Waals surface area contributed by atoms with Crippen molar-refractivity contribution in [3.8, 4) is 0 Å². The minimum absolute atomic E-state index is 0.363. The van der Waals surface area contributed by atoms with Gasteiger partial charge < -0.3 is 10.6 Å². The van der Waals surface area contributed by atoms with Crippen LogP contribution in [0.15, 0.2) is 0 Å². The van der Waals surface area contributed by atoms with Crippen molar-refractivity contribution in [2.75, 3.05) is 19.6 Å². The fourth-order valence-corrected chi connectivity index (χ4v) is 3.18. The molecule has 0 aromatic heterocycles. The van der Waals surface area contributed by atoms with Gasteiger partial charge in [-0.25, -0.2) is 0 Å². The van der Waals surface area contributed by atoms with Gasteiger partial charge in [-0.1, -0.05) is 47.0 Å². The van der Waals surface area contributed by atoms with Crippen molar-refractivity contribution < 1.29 is 0 Å². The summed E-state index contributed by atoms with van der Waals surface area (Å²) in [6.45, 7) is 12.9. The summed E-state index contributed by atoms with van der Waals surface area (Å²) in [4.78, 5) is 2.63. The lowest BCUT2D eigenvalue weighted by atomic mass is 9.84. The lowest BCUT2D eigenvalue weighted by molar-refractivity contribution is 0.138. The number of nitrogens with zero attached hydrogens (tertiary/aromatic N) is 1. The first-order valence-electron chi connectivity index (χ1n) is 7.53. The smallest absolute Gasteiger partial charge is 0.0105 e. The molecule has 0 saturated heterocycles. The summed E-state index contributed by atoms with van der Waals surface area (Å²) in [5.74, 6) is 0.858. The van der Waals surface area contributed by atoms with Gasteiger partial charge in [0.2, 0.25) is 0 Å². The zero-order valence-corrected chi connectivity index (χ0v) is 12.3. The van der Waals surface area contributed by atoms with E-state index in [0.29, 0.717) is 11.5 Å². The highest BCUT2D eigenvalue weighted by Gasteiger charge is 2.37. The maximum Gasteiger partial charge on any atom is 0.0105 e. The van der Waals surface area contributed by atoms with Gasteiger partial charge in [-0.3, -0.25) is 0 Å². The van der Waals surface area contributed by atoms with Crippen LogP contribution in [0.1, 0.15) is 59.8 Å². The van der Waals surface area contributed by atoms with Crippen LogP contribution >= 0.6 is 0 Å². The second kappa shape index (κ2) is 6.75. The van der Waals surface area contributed by atoms with Gasteiger partial charge in [0.1, 0.15) is 0 Å². The normalized spacial score (nSPS) is 29.5. The van der Waals surface area contributed by atoms with Gasteiger partial charge in [-0.05, 0) is 30.7 Å². The summed E-state index contributed by atoms with van der Waals surface area (Å²) >= 11 is 0. The first kappa shape index (κ1) is 15.0. The molecule has 0 amide bonds. The minimum Gasteiger partial charge on any atom is -0.327 e. The molecule has 0 aromatic rings. The Bertz CT molecular complexity index is 213. The van der Waals surface area contributed by atoms with E-state index in [0.717, 1.165) is 5.92 Å². The van der Waals surface area contributed by atoms with Crippen LogP contribution in [-0.2, 0) is 0 Å². The van der Waals surface area contributed by atoms with E-state index in [2.05, 4.69) is 32.6 Å². The van der Waals surface area contributed by atoms with Crippen molar-refractivity contribution in [3.63, 3.8) is 0 Å². The molecule has 2 heteroatoms. The number of rotatable bonds is 7. The summed E-state index contributed by atoms with van der Waals surface area (Å²) in [6.07, 6.45) is 6.46. The molecule has 2 nitrogen and oxygen atoms in total. The number of hydrogen-bond donors (Lipinski definition) is 1. The maximum absolute atomic E-state index is 6.29. The molecule has 102 valence electrons. The molecule has 1 fully saturated rings. The molecule has 0 aromatic carbocycles. The van der Waals surface area contributed by atoms with E-state index in [4.69, 9.17) is 5.73 Å². The van der Waals surface area contributed by atoms with E-state index in [1.54, 1.807) is 0 Å². The molecule has 2 atom stereocenters. The van der Waals surface area contributed by atoms with E-state index in [-0.39, 0.29) is 0 Å². The summed E-state index contributed by atoms with van der Waals surface area (Å²) in [5.41, 5.74) is 6.65. The molecule has 0 heterocycles. The van der Waals surface area contributed by atoms with Crippen molar-refractivity contribution in [1.29, 1.82) is 0 Å². The standard InChI is InChI=1S/C15H32N2/c1-5-13(6-2)11-17(7-3)12-15(4)10-8-9-14(15)16/h13-14H,5-12,16H2,1-4H3. The molecule has 0 aliphatic heterocycles. The Kier molecular flexibility index (Phi) is 5.94. The fraction of sp³-hybridized carbons (Fsp3) is 1.00. The van der Waals surface area contributed by atoms with Crippen LogP contribution < -0.4 is 5.73 Å². The molecule has 0 bridgehead atoms. The largest absolute Gasteiger partial charge is 0.327 e. The molecule has 1 aliphatic carbocycles. The summed E-state index contributed by atoms with van der Waals surface area (Å²) in [6, 6.07) is 0.415. The Hall–Kier alpha value is -0.0800. The third kappa shape index (κ3) is 3.96. The van der Waals surface area contributed by atoms with E-state index < -0.39 is 0 Å². The van der Waals surface area contributed by atoms with Crippen LogP contribution in [0, 0.1) is 11.3 Å². The van der Waals surface area contributed by atoms with Gasteiger partial charge in [0.25, 0.3) is 0 Å². The number of hydrogen-bond acceptors (Lipinski definition) is 2. The lowest BCUT2D eigenvalue weighted by Crippen LogP contribution is -2.45. The zero-order valence-electron chi connectivity index (χ0n) is 12.3. The van der Waals surface area contributed by atoms with Crippen molar-refractivity contribution >= 4 is 0 Å². The van der Waals surface area contributed by atoms with Crippen LogP contribution in [0.3, 0.4) is 0 Å². The molecule has 2 N–H and O–H groups in total. The second-order valence-electron chi connectivity index (χ2n) is 6.16. The minimum atomic E-state index is 0.363. The van der Waals surface area contributed by atoms with Crippen molar-refractivity contribution in [2.24, 2.45) is 17.1 Å². The third-order valence-electron chi connectivity index (χ3n) is 4.86. The van der Waals surface area contributed by atoms with Crippen LogP contribution in [0.4, 0.5) is 0 Å². The predicted molar refractivity (Wildman–Crippen MR) is 76.1 cm³/mol. The molecular formula is C15H32N2. The first-order chi connectivity index (χ1) is 8.05. The van der Waals surface area contributed by atoms with Gasteiger partial charge in [0, 0.05) is 19.1 Å². The predicted octanol–water partition coefficient (Wildman–Crippen LogP) is 3.26. The highest BCUT2D eigenvalue weighted by Crippen LogP contribution is 2.37. The average molecular weight is 240 g/mol. The van der Waals surface area contributed by atoms with Crippen molar-refractivity contribution in [1.82, 2.24) is 4.90 Å². The van der Waals surface area contributed by atoms with Gasteiger partial charge in [0.15, 0.2) is 0 Å². The molecule has 1 aliphatic rings. The van der Waals surface area contributed by atoms with Crippen molar-refractivity contribution in [2.45, 2.75) is 65.8 Å². The lowest BCUT2D eigenvalue weighted by Gasteiger charge is -2.36. The Labute approximate surface area is 108 Å². The van der Waals surface area contributed by atoms with Gasteiger partial charge in [-0.2, -0.15) is 0 Å². The molecular weight excluding hydrogens is 208 g/mol. The van der Waals surface area contributed by atoms with Crippen LogP contribution in [-0.4, -0.2) is 30.6 Å². The molecule has 17 heavy (non-hydrogen) atoms.